The number of rotatable bonds is 2. The number of carbonyl (C=O) groups excluding carboxylic acids is 2. The van der Waals surface area contributed by atoms with E-state index >= 15 is 0 Å². The number of nitrogens with one attached hydrogen (secondary N) is 1. The molecule has 1 aromatic carbocycles. The number of benzene rings is 1. The second kappa shape index (κ2) is 4.22. The fourth-order valence-corrected chi connectivity index (χ4v) is 4.35. The van der Waals surface area contributed by atoms with Crippen molar-refractivity contribution in [3.05, 3.63) is 29.3 Å². The predicted octanol–water partition coefficient (Wildman–Crippen LogP) is 2.48. The van der Waals surface area contributed by atoms with Crippen LogP contribution in [-0.4, -0.2) is 18.0 Å². The fraction of sp³-hybridized carbons (Fsp3) is 0.467. The normalized spacial score (nSPS) is 37.0. The lowest BCUT2D eigenvalue weighted by Gasteiger charge is -2.23. The zero-order valence-electron chi connectivity index (χ0n) is 10.7. The molecule has 1 aromatic rings. The zero-order valence-corrected chi connectivity index (χ0v) is 11.5. The molecule has 4 nitrogen and oxygen atoms in total. The summed E-state index contributed by atoms with van der Waals surface area (Å²) in [7, 11) is 0. The first-order valence-electron chi connectivity index (χ1n) is 6.90. The van der Waals surface area contributed by atoms with E-state index < -0.39 is 0 Å². The van der Waals surface area contributed by atoms with E-state index in [1.807, 2.05) is 0 Å². The Labute approximate surface area is 121 Å². The number of carbonyl (C=O) groups is 2. The van der Waals surface area contributed by atoms with Crippen molar-refractivity contribution in [2.45, 2.75) is 18.9 Å². The van der Waals surface area contributed by atoms with Gasteiger partial charge in [-0.2, -0.15) is 0 Å². The molecule has 1 N–H and O–H groups in total. The number of esters is 1. The Morgan fingerprint density at radius 3 is 3.00 bits per heavy atom. The third-order valence-electron chi connectivity index (χ3n) is 4.88. The van der Waals surface area contributed by atoms with Crippen molar-refractivity contribution in [3.8, 4) is 0 Å². The predicted molar refractivity (Wildman–Crippen MR) is 73.2 cm³/mol. The van der Waals surface area contributed by atoms with Crippen LogP contribution >= 0.6 is 11.6 Å². The average Bonchev–Trinajstić information content (AvgIpc) is 2.99. The molecule has 3 fully saturated rings. The highest BCUT2D eigenvalue weighted by molar-refractivity contribution is 6.30. The number of hydrogen-bond acceptors (Lipinski definition) is 3. The van der Waals surface area contributed by atoms with Crippen molar-refractivity contribution >= 4 is 29.2 Å². The molecule has 20 heavy (non-hydrogen) atoms. The summed E-state index contributed by atoms with van der Waals surface area (Å²) in [6.07, 6.45) is 1.84. The van der Waals surface area contributed by atoms with Crippen molar-refractivity contribution < 1.29 is 14.3 Å². The van der Waals surface area contributed by atoms with Gasteiger partial charge in [-0.1, -0.05) is 17.7 Å². The van der Waals surface area contributed by atoms with Gasteiger partial charge in [-0.15, -0.1) is 0 Å². The molecule has 2 saturated carbocycles. The summed E-state index contributed by atoms with van der Waals surface area (Å²) >= 11 is 5.91. The van der Waals surface area contributed by atoms with E-state index in [2.05, 4.69) is 5.32 Å². The first kappa shape index (κ1) is 12.2. The van der Waals surface area contributed by atoms with Gasteiger partial charge < -0.3 is 10.1 Å². The number of ether oxygens (including phenoxy) is 1. The van der Waals surface area contributed by atoms with Gasteiger partial charge in [0.25, 0.3) is 0 Å². The minimum absolute atomic E-state index is 0.0627. The van der Waals surface area contributed by atoms with Crippen LogP contribution in [0.2, 0.25) is 5.02 Å². The van der Waals surface area contributed by atoms with E-state index in [4.69, 9.17) is 16.3 Å². The lowest BCUT2D eigenvalue weighted by Crippen LogP contribution is -2.35. The monoisotopic (exact) mass is 291 g/mol. The maximum atomic E-state index is 12.5. The molecule has 5 atom stereocenters. The quantitative estimate of drug-likeness (QED) is 0.852. The summed E-state index contributed by atoms with van der Waals surface area (Å²) in [5.41, 5.74) is 0.674. The number of fused-ring (bicyclic) bond motifs is 1. The minimum Gasteiger partial charge on any atom is -0.462 e. The maximum absolute atomic E-state index is 12.5. The molecule has 0 aromatic heterocycles. The van der Waals surface area contributed by atoms with Crippen molar-refractivity contribution in [3.63, 3.8) is 0 Å². The van der Waals surface area contributed by atoms with E-state index in [0.717, 1.165) is 12.8 Å². The first-order valence-corrected chi connectivity index (χ1v) is 7.28. The molecule has 2 aliphatic carbocycles. The van der Waals surface area contributed by atoms with Gasteiger partial charge in [-0.3, -0.25) is 9.59 Å². The Hall–Kier alpha value is -1.55. The van der Waals surface area contributed by atoms with Crippen LogP contribution in [-0.2, 0) is 14.3 Å². The van der Waals surface area contributed by atoms with Gasteiger partial charge >= 0.3 is 5.97 Å². The molecule has 4 rings (SSSR count). The van der Waals surface area contributed by atoms with Crippen LogP contribution in [0.15, 0.2) is 24.3 Å². The van der Waals surface area contributed by atoms with E-state index in [9.17, 15) is 9.59 Å². The lowest BCUT2D eigenvalue weighted by atomic mass is 9.79. The van der Waals surface area contributed by atoms with Crippen molar-refractivity contribution in [1.29, 1.82) is 0 Å². The molecule has 1 heterocycles. The summed E-state index contributed by atoms with van der Waals surface area (Å²) in [5, 5.41) is 3.46. The zero-order chi connectivity index (χ0) is 13.9. The Balaban J connectivity index is 1.56. The van der Waals surface area contributed by atoms with Crippen LogP contribution in [0.4, 0.5) is 5.69 Å². The van der Waals surface area contributed by atoms with Crippen molar-refractivity contribution in [2.75, 3.05) is 5.32 Å². The van der Waals surface area contributed by atoms with Crippen LogP contribution in [0, 0.1) is 23.7 Å². The largest absolute Gasteiger partial charge is 0.462 e. The van der Waals surface area contributed by atoms with Crippen molar-refractivity contribution in [1.82, 2.24) is 0 Å². The molecule has 0 radical (unpaired) electrons. The Bertz CT molecular complexity index is 601. The molecule has 2 bridgehead atoms. The van der Waals surface area contributed by atoms with Crippen LogP contribution < -0.4 is 5.32 Å². The lowest BCUT2D eigenvalue weighted by molar-refractivity contribution is -0.145. The van der Waals surface area contributed by atoms with Crippen LogP contribution in [0.3, 0.4) is 0 Å². The number of amides is 1. The van der Waals surface area contributed by atoms with Gasteiger partial charge in [0, 0.05) is 16.6 Å². The maximum Gasteiger partial charge on any atom is 0.310 e. The van der Waals surface area contributed by atoms with Gasteiger partial charge in [0.05, 0.1) is 11.8 Å². The second-order valence-corrected chi connectivity index (χ2v) is 6.36. The highest BCUT2D eigenvalue weighted by atomic mass is 35.5. The third kappa shape index (κ3) is 1.67. The molecule has 0 unspecified atom stereocenters. The highest BCUT2D eigenvalue weighted by Gasteiger charge is 2.63. The molecule has 1 aliphatic heterocycles. The Kier molecular flexibility index (Phi) is 2.58. The molecule has 104 valence electrons. The first-order chi connectivity index (χ1) is 9.63. The third-order valence-corrected chi connectivity index (χ3v) is 5.11. The van der Waals surface area contributed by atoms with Crippen LogP contribution in [0.5, 0.6) is 0 Å². The molecule has 1 amide bonds. The average molecular weight is 292 g/mol. The molecule has 1 saturated heterocycles. The molecular formula is C15H14ClNO3. The minimum atomic E-state index is -0.245. The summed E-state index contributed by atoms with van der Waals surface area (Å²) in [6, 6.07) is 7.06. The van der Waals surface area contributed by atoms with E-state index in [0.29, 0.717) is 10.7 Å². The smallest absolute Gasteiger partial charge is 0.310 e. The van der Waals surface area contributed by atoms with Gasteiger partial charge in [-0.05, 0) is 37.0 Å². The number of hydrogen-bond donors (Lipinski definition) is 1. The SMILES string of the molecule is O=C(Nc1cccc(Cl)c1)[C@@H]1[C@@H]2C[C@@H]3[C@@H]1C(=O)O[C@@H]3C2. The van der Waals surface area contributed by atoms with Gasteiger partial charge in [0.2, 0.25) is 5.91 Å². The molecular weight excluding hydrogens is 278 g/mol. The number of halogens is 1. The van der Waals surface area contributed by atoms with Gasteiger partial charge in [0.15, 0.2) is 0 Å². The standard InChI is InChI=1S/C15H14ClNO3/c16-8-2-1-3-9(6-8)17-14(18)12-7-4-10-11(5-7)20-15(19)13(10)12/h1-3,6-7,10-13H,4-5H2,(H,17,18)/t7-,10+,11-,12-,13+/m1/s1. The number of anilines is 1. The van der Waals surface area contributed by atoms with Gasteiger partial charge in [0.1, 0.15) is 6.10 Å². The van der Waals surface area contributed by atoms with Gasteiger partial charge in [-0.25, -0.2) is 0 Å². The summed E-state index contributed by atoms with van der Waals surface area (Å²) in [6.45, 7) is 0. The molecule has 3 aliphatic rings. The van der Waals surface area contributed by atoms with Crippen molar-refractivity contribution in [2.24, 2.45) is 23.7 Å². The highest BCUT2D eigenvalue weighted by Crippen LogP contribution is 2.57. The van der Waals surface area contributed by atoms with E-state index in [1.54, 1.807) is 24.3 Å². The Morgan fingerprint density at radius 1 is 1.35 bits per heavy atom. The summed E-state index contributed by atoms with van der Waals surface area (Å²) < 4.78 is 5.35. The van der Waals surface area contributed by atoms with E-state index in [-0.39, 0.29) is 41.7 Å². The van der Waals surface area contributed by atoms with Crippen LogP contribution in [0.1, 0.15) is 12.8 Å². The summed E-state index contributed by atoms with van der Waals surface area (Å²) in [5.74, 6) is -0.222. The summed E-state index contributed by atoms with van der Waals surface area (Å²) in [4.78, 5) is 24.4. The topological polar surface area (TPSA) is 55.4 Å². The Morgan fingerprint density at radius 2 is 2.20 bits per heavy atom. The molecule has 0 spiro atoms. The van der Waals surface area contributed by atoms with E-state index in [1.165, 1.54) is 0 Å². The second-order valence-electron chi connectivity index (χ2n) is 5.92. The fourth-order valence-electron chi connectivity index (χ4n) is 4.16. The molecule has 5 heteroatoms. The van der Waals surface area contributed by atoms with Crippen LogP contribution in [0.25, 0.3) is 0 Å².